The zero-order valence-electron chi connectivity index (χ0n) is 11.2. The van der Waals surface area contributed by atoms with E-state index in [2.05, 4.69) is 6.07 Å². The molecule has 1 aliphatic heterocycles. The summed E-state index contributed by atoms with van der Waals surface area (Å²) < 4.78 is 10.5. The second-order valence-electron chi connectivity index (χ2n) is 4.54. The molecule has 0 amide bonds. The zero-order valence-corrected chi connectivity index (χ0v) is 11.2. The largest absolute Gasteiger partial charge is 0.496 e. The molecule has 0 bridgehead atoms. The van der Waals surface area contributed by atoms with Gasteiger partial charge in [-0.1, -0.05) is 0 Å². The summed E-state index contributed by atoms with van der Waals surface area (Å²) in [4.78, 5) is 13.1. The number of rotatable bonds is 4. The molecule has 1 aromatic rings. The fraction of sp³-hybridized carbons (Fsp3) is 0.429. The first-order valence-corrected chi connectivity index (χ1v) is 6.27. The van der Waals surface area contributed by atoms with Crippen molar-refractivity contribution in [1.82, 2.24) is 4.90 Å². The molecule has 1 aliphatic rings. The molecule has 6 nitrogen and oxygen atoms in total. The number of nitrogens with zero attached hydrogens (tertiary/aromatic N) is 2. The number of carboxylic acid groups (broad SMARTS) is 1. The first kappa shape index (κ1) is 14.3. The average Bonchev–Trinajstić information content (AvgIpc) is 2.47. The van der Waals surface area contributed by atoms with Gasteiger partial charge in [0.2, 0.25) is 0 Å². The number of benzene rings is 1. The third kappa shape index (κ3) is 3.07. The summed E-state index contributed by atoms with van der Waals surface area (Å²) in [6.45, 7) is 1.63. The normalized spacial score (nSPS) is 19.3. The van der Waals surface area contributed by atoms with E-state index in [4.69, 9.17) is 14.7 Å². The van der Waals surface area contributed by atoms with Crippen LogP contribution in [0.1, 0.15) is 11.1 Å². The molecule has 106 valence electrons. The number of methoxy groups -OCH3 is 1. The molecule has 1 unspecified atom stereocenters. The summed E-state index contributed by atoms with van der Waals surface area (Å²) in [5.74, 6) is -0.250. The molecule has 1 heterocycles. The van der Waals surface area contributed by atoms with E-state index in [9.17, 15) is 9.90 Å². The molecule has 2 rings (SSSR count). The Kier molecular flexibility index (Phi) is 4.56. The quantitative estimate of drug-likeness (QED) is 0.878. The summed E-state index contributed by atoms with van der Waals surface area (Å²) in [7, 11) is 1.55. The first-order valence-electron chi connectivity index (χ1n) is 6.27. The SMILES string of the molecule is COc1ccc(C#N)cc1CN1CCOCC1C(=O)O. The Balaban J connectivity index is 2.23. The highest BCUT2D eigenvalue weighted by Gasteiger charge is 2.29. The van der Waals surface area contributed by atoms with Crippen molar-refractivity contribution < 1.29 is 19.4 Å². The minimum Gasteiger partial charge on any atom is -0.496 e. The molecule has 1 saturated heterocycles. The van der Waals surface area contributed by atoms with Crippen molar-refractivity contribution in [3.63, 3.8) is 0 Å². The van der Waals surface area contributed by atoms with Crippen molar-refractivity contribution in [2.45, 2.75) is 12.6 Å². The highest BCUT2D eigenvalue weighted by atomic mass is 16.5. The summed E-state index contributed by atoms with van der Waals surface area (Å²) in [5, 5.41) is 18.2. The van der Waals surface area contributed by atoms with Gasteiger partial charge in [0.05, 0.1) is 32.0 Å². The molecule has 0 aromatic heterocycles. The Morgan fingerprint density at radius 2 is 2.45 bits per heavy atom. The third-order valence-corrected chi connectivity index (χ3v) is 3.31. The van der Waals surface area contributed by atoms with Gasteiger partial charge >= 0.3 is 5.97 Å². The predicted molar refractivity (Wildman–Crippen MR) is 70.4 cm³/mol. The van der Waals surface area contributed by atoms with Gasteiger partial charge < -0.3 is 14.6 Å². The van der Waals surface area contributed by atoms with E-state index < -0.39 is 12.0 Å². The van der Waals surface area contributed by atoms with E-state index in [1.54, 1.807) is 25.3 Å². The number of hydrogen-bond donors (Lipinski definition) is 1. The molecule has 0 radical (unpaired) electrons. The van der Waals surface area contributed by atoms with Crippen LogP contribution in [0, 0.1) is 11.3 Å². The number of aliphatic carboxylic acids is 1. The summed E-state index contributed by atoms with van der Waals surface area (Å²) in [6.07, 6.45) is 0. The second kappa shape index (κ2) is 6.37. The van der Waals surface area contributed by atoms with Gasteiger partial charge in [-0.2, -0.15) is 5.26 Å². The molecule has 0 spiro atoms. The molecular formula is C14H16N2O4. The maximum absolute atomic E-state index is 11.2. The second-order valence-corrected chi connectivity index (χ2v) is 4.54. The first-order chi connectivity index (χ1) is 9.65. The minimum atomic E-state index is -0.903. The van der Waals surface area contributed by atoms with E-state index in [1.165, 1.54) is 0 Å². The van der Waals surface area contributed by atoms with Gasteiger partial charge in [-0.3, -0.25) is 9.69 Å². The maximum Gasteiger partial charge on any atom is 0.323 e. The van der Waals surface area contributed by atoms with Gasteiger partial charge in [-0.25, -0.2) is 0 Å². The fourth-order valence-corrected chi connectivity index (χ4v) is 2.25. The minimum absolute atomic E-state index is 0.176. The van der Waals surface area contributed by atoms with Crippen LogP contribution >= 0.6 is 0 Å². The third-order valence-electron chi connectivity index (χ3n) is 3.31. The highest BCUT2D eigenvalue weighted by molar-refractivity contribution is 5.73. The van der Waals surface area contributed by atoms with Gasteiger partial charge in [0, 0.05) is 18.7 Å². The van der Waals surface area contributed by atoms with Crippen LogP contribution in [-0.2, 0) is 16.1 Å². The lowest BCUT2D eigenvalue weighted by molar-refractivity contribution is -0.150. The van der Waals surface area contributed by atoms with Crippen molar-refractivity contribution in [3.8, 4) is 11.8 Å². The fourth-order valence-electron chi connectivity index (χ4n) is 2.25. The number of carboxylic acids is 1. The average molecular weight is 276 g/mol. The van der Waals surface area contributed by atoms with Gasteiger partial charge in [-0.05, 0) is 18.2 Å². The number of carbonyl (C=O) groups is 1. The number of morpholine rings is 1. The monoisotopic (exact) mass is 276 g/mol. The Morgan fingerprint density at radius 3 is 3.10 bits per heavy atom. The van der Waals surface area contributed by atoms with Crippen molar-refractivity contribution in [3.05, 3.63) is 29.3 Å². The Morgan fingerprint density at radius 1 is 1.65 bits per heavy atom. The molecular weight excluding hydrogens is 260 g/mol. The van der Waals surface area contributed by atoms with Crippen molar-refractivity contribution in [2.24, 2.45) is 0 Å². The van der Waals surface area contributed by atoms with Crippen LogP contribution in [0.3, 0.4) is 0 Å². The Labute approximate surface area is 117 Å². The van der Waals surface area contributed by atoms with Crippen molar-refractivity contribution >= 4 is 5.97 Å². The van der Waals surface area contributed by atoms with Crippen LogP contribution in [0.25, 0.3) is 0 Å². The standard InChI is InChI=1S/C14H16N2O4/c1-19-13-3-2-10(7-15)6-11(13)8-16-4-5-20-9-12(16)14(17)18/h2-3,6,12H,4-5,8-9H2,1H3,(H,17,18). The predicted octanol–water partition coefficient (Wildman–Crippen LogP) is 0.852. The lowest BCUT2D eigenvalue weighted by Crippen LogP contribution is -2.49. The zero-order chi connectivity index (χ0) is 14.5. The summed E-state index contributed by atoms with van der Waals surface area (Å²) in [5.41, 5.74) is 1.33. The summed E-state index contributed by atoms with van der Waals surface area (Å²) in [6, 6.07) is 6.54. The molecule has 1 N–H and O–H groups in total. The van der Waals surface area contributed by atoms with Crippen molar-refractivity contribution in [2.75, 3.05) is 26.9 Å². The number of ether oxygens (including phenoxy) is 2. The van der Waals surface area contributed by atoms with Crippen LogP contribution in [0.15, 0.2) is 18.2 Å². The van der Waals surface area contributed by atoms with Crippen LogP contribution in [0.5, 0.6) is 5.75 Å². The van der Waals surface area contributed by atoms with E-state index in [-0.39, 0.29) is 6.61 Å². The highest BCUT2D eigenvalue weighted by Crippen LogP contribution is 2.23. The molecule has 0 aliphatic carbocycles. The number of hydrogen-bond acceptors (Lipinski definition) is 5. The van der Waals surface area contributed by atoms with E-state index in [0.29, 0.717) is 31.0 Å². The molecule has 1 fully saturated rings. The van der Waals surface area contributed by atoms with E-state index >= 15 is 0 Å². The van der Waals surface area contributed by atoms with Gasteiger partial charge in [-0.15, -0.1) is 0 Å². The molecule has 1 aromatic carbocycles. The lowest BCUT2D eigenvalue weighted by atomic mass is 10.1. The van der Waals surface area contributed by atoms with Crippen LogP contribution in [0.2, 0.25) is 0 Å². The number of nitriles is 1. The van der Waals surface area contributed by atoms with Crippen LogP contribution in [0.4, 0.5) is 0 Å². The molecule has 1 atom stereocenters. The smallest absolute Gasteiger partial charge is 0.323 e. The topological polar surface area (TPSA) is 82.8 Å². The lowest BCUT2D eigenvalue weighted by Gasteiger charge is -2.33. The van der Waals surface area contributed by atoms with Crippen LogP contribution < -0.4 is 4.74 Å². The molecule has 20 heavy (non-hydrogen) atoms. The maximum atomic E-state index is 11.2. The Hall–Kier alpha value is -2.10. The van der Waals surface area contributed by atoms with E-state index in [1.807, 2.05) is 4.90 Å². The molecule has 6 heteroatoms. The Bertz CT molecular complexity index is 538. The van der Waals surface area contributed by atoms with Gasteiger partial charge in [0.25, 0.3) is 0 Å². The summed E-state index contributed by atoms with van der Waals surface area (Å²) >= 11 is 0. The van der Waals surface area contributed by atoms with Gasteiger partial charge in [0.15, 0.2) is 0 Å². The van der Waals surface area contributed by atoms with Crippen LogP contribution in [-0.4, -0.2) is 48.9 Å². The molecule has 0 saturated carbocycles. The van der Waals surface area contributed by atoms with E-state index in [0.717, 1.165) is 5.56 Å². The van der Waals surface area contributed by atoms with Crippen molar-refractivity contribution in [1.29, 1.82) is 5.26 Å². The van der Waals surface area contributed by atoms with Gasteiger partial charge in [0.1, 0.15) is 11.8 Å².